The Hall–Kier alpha value is -3.10. The first-order valence-corrected chi connectivity index (χ1v) is 10.5. The maximum Gasteiger partial charge on any atom is 0.185 e. The van der Waals surface area contributed by atoms with Gasteiger partial charge in [-0.3, -0.25) is 4.79 Å². The Morgan fingerprint density at radius 3 is 2.67 bits per heavy atom. The maximum absolute atomic E-state index is 12.8. The van der Waals surface area contributed by atoms with Gasteiger partial charge >= 0.3 is 0 Å². The molecule has 152 valence electrons. The van der Waals surface area contributed by atoms with Crippen LogP contribution in [0.3, 0.4) is 0 Å². The van der Waals surface area contributed by atoms with E-state index in [1.54, 1.807) is 30.1 Å². The highest BCUT2D eigenvalue weighted by molar-refractivity contribution is 7.10. The Bertz CT molecular complexity index is 1220. The predicted molar refractivity (Wildman–Crippen MR) is 113 cm³/mol. The van der Waals surface area contributed by atoms with E-state index in [1.807, 2.05) is 35.7 Å². The van der Waals surface area contributed by atoms with Crippen LogP contribution >= 0.6 is 11.3 Å². The van der Waals surface area contributed by atoms with Crippen LogP contribution in [-0.4, -0.2) is 39.8 Å². The van der Waals surface area contributed by atoms with E-state index in [2.05, 4.69) is 16.3 Å². The molecule has 1 aromatic carbocycles. The molecule has 1 atom stereocenters. The van der Waals surface area contributed by atoms with Crippen molar-refractivity contribution in [2.75, 3.05) is 14.2 Å². The molecule has 0 N–H and O–H groups in total. The van der Waals surface area contributed by atoms with Gasteiger partial charge in [0.2, 0.25) is 0 Å². The van der Waals surface area contributed by atoms with E-state index in [9.17, 15) is 4.79 Å². The zero-order valence-corrected chi connectivity index (χ0v) is 17.5. The van der Waals surface area contributed by atoms with Crippen LogP contribution in [0.2, 0.25) is 0 Å². The Balaban J connectivity index is 1.68. The Morgan fingerprint density at radius 1 is 1.13 bits per heavy atom. The van der Waals surface area contributed by atoms with Gasteiger partial charge in [0.15, 0.2) is 17.1 Å². The van der Waals surface area contributed by atoms with Gasteiger partial charge in [-0.05, 0) is 29.1 Å². The number of ketones is 1. The van der Waals surface area contributed by atoms with E-state index >= 15 is 0 Å². The summed E-state index contributed by atoms with van der Waals surface area (Å²) in [5.74, 6) is 0.923. The minimum absolute atomic E-state index is 0.0128. The lowest BCUT2D eigenvalue weighted by atomic mass is 9.87. The second kappa shape index (κ2) is 7.62. The van der Waals surface area contributed by atoms with Gasteiger partial charge < -0.3 is 9.47 Å². The summed E-state index contributed by atoms with van der Waals surface area (Å²) >= 11 is 1.68. The standard InChI is InChI=1S/C22H20N4O3S/c1-28-12-16-20(13-5-7-15(29-2)8-6-13)22-24-23-21-17(26(22)25-16)10-14(11-18(21)27)19-4-3-9-30-19/h3-9,14H,10-12H2,1-2H3/t14-/m1/s1. The van der Waals surface area contributed by atoms with E-state index < -0.39 is 0 Å². The Labute approximate surface area is 177 Å². The van der Waals surface area contributed by atoms with Crippen LogP contribution in [0.15, 0.2) is 41.8 Å². The molecule has 1 aliphatic rings. The second-order valence-electron chi connectivity index (χ2n) is 7.26. The van der Waals surface area contributed by atoms with Crippen molar-refractivity contribution in [1.82, 2.24) is 19.8 Å². The number of rotatable bonds is 5. The molecule has 7 nitrogen and oxygen atoms in total. The molecular formula is C22H20N4O3S. The first kappa shape index (κ1) is 18.9. The first-order chi connectivity index (χ1) is 14.7. The van der Waals surface area contributed by atoms with E-state index in [0.29, 0.717) is 30.8 Å². The van der Waals surface area contributed by atoms with E-state index in [0.717, 1.165) is 28.3 Å². The molecule has 5 rings (SSSR count). The van der Waals surface area contributed by atoms with Crippen molar-refractivity contribution in [3.8, 4) is 16.9 Å². The summed E-state index contributed by atoms with van der Waals surface area (Å²) in [5, 5.41) is 15.6. The molecule has 0 saturated carbocycles. The van der Waals surface area contributed by atoms with Crippen molar-refractivity contribution >= 4 is 22.8 Å². The Kier molecular flexibility index (Phi) is 4.80. The number of aromatic nitrogens is 4. The summed E-state index contributed by atoms with van der Waals surface area (Å²) in [5.41, 5.74) is 4.43. The zero-order chi connectivity index (χ0) is 20.7. The predicted octanol–water partition coefficient (Wildman–Crippen LogP) is 3.92. The summed E-state index contributed by atoms with van der Waals surface area (Å²) < 4.78 is 12.5. The highest BCUT2D eigenvalue weighted by Gasteiger charge is 2.32. The number of ether oxygens (including phenoxy) is 2. The molecule has 0 spiro atoms. The van der Waals surface area contributed by atoms with Crippen molar-refractivity contribution in [2.45, 2.75) is 25.4 Å². The molecule has 3 aromatic heterocycles. The van der Waals surface area contributed by atoms with Gasteiger partial charge in [-0.1, -0.05) is 18.2 Å². The largest absolute Gasteiger partial charge is 0.497 e. The van der Waals surface area contributed by atoms with Gasteiger partial charge in [0.05, 0.1) is 30.7 Å². The molecular weight excluding hydrogens is 400 g/mol. The molecule has 4 aromatic rings. The third-order valence-electron chi connectivity index (χ3n) is 5.45. The molecule has 0 amide bonds. The molecule has 3 heterocycles. The van der Waals surface area contributed by atoms with Crippen LogP contribution in [0, 0.1) is 0 Å². The topological polar surface area (TPSA) is 78.6 Å². The fourth-order valence-electron chi connectivity index (χ4n) is 4.03. The Morgan fingerprint density at radius 2 is 1.97 bits per heavy atom. The van der Waals surface area contributed by atoms with Gasteiger partial charge in [0.1, 0.15) is 5.75 Å². The minimum Gasteiger partial charge on any atom is -0.497 e. The fraction of sp³-hybridized carbons (Fsp3) is 0.273. The van der Waals surface area contributed by atoms with E-state index in [4.69, 9.17) is 14.6 Å². The van der Waals surface area contributed by atoms with Crippen LogP contribution in [-0.2, 0) is 17.8 Å². The van der Waals surface area contributed by atoms with Crippen molar-refractivity contribution in [2.24, 2.45) is 0 Å². The smallest absolute Gasteiger partial charge is 0.185 e. The average Bonchev–Trinajstić information content (AvgIpc) is 3.42. The average molecular weight is 420 g/mol. The van der Waals surface area contributed by atoms with Crippen molar-refractivity contribution in [3.05, 3.63) is 63.7 Å². The van der Waals surface area contributed by atoms with Crippen LogP contribution in [0.25, 0.3) is 16.8 Å². The van der Waals surface area contributed by atoms with E-state index in [-0.39, 0.29) is 11.7 Å². The summed E-state index contributed by atoms with van der Waals surface area (Å²) in [4.78, 5) is 14.0. The molecule has 30 heavy (non-hydrogen) atoms. The van der Waals surface area contributed by atoms with Crippen molar-refractivity contribution in [1.29, 1.82) is 0 Å². The number of methoxy groups -OCH3 is 2. The first-order valence-electron chi connectivity index (χ1n) is 9.66. The lowest BCUT2D eigenvalue weighted by Gasteiger charge is -2.21. The highest BCUT2D eigenvalue weighted by atomic mass is 32.1. The van der Waals surface area contributed by atoms with Gasteiger partial charge in [-0.15, -0.1) is 21.5 Å². The van der Waals surface area contributed by atoms with Gasteiger partial charge in [-0.2, -0.15) is 5.10 Å². The van der Waals surface area contributed by atoms with Gasteiger partial charge in [0.25, 0.3) is 0 Å². The van der Waals surface area contributed by atoms with Gasteiger partial charge in [-0.25, -0.2) is 4.52 Å². The summed E-state index contributed by atoms with van der Waals surface area (Å²) in [6.07, 6.45) is 1.15. The summed E-state index contributed by atoms with van der Waals surface area (Å²) in [6, 6.07) is 11.8. The van der Waals surface area contributed by atoms with E-state index in [1.165, 1.54) is 4.88 Å². The minimum atomic E-state index is 0.0128. The normalized spacial score (nSPS) is 16.1. The summed E-state index contributed by atoms with van der Waals surface area (Å²) in [6.45, 7) is 0.335. The van der Waals surface area contributed by atoms with Crippen LogP contribution in [0.4, 0.5) is 0 Å². The maximum atomic E-state index is 12.8. The van der Waals surface area contributed by atoms with Crippen LogP contribution < -0.4 is 4.74 Å². The number of hydrogen-bond acceptors (Lipinski definition) is 7. The monoisotopic (exact) mass is 420 g/mol. The fourth-order valence-corrected chi connectivity index (χ4v) is 4.86. The SMILES string of the molecule is COCc1nn2c3c(nnc2c1-c1ccc(OC)cc1)C(=O)C[C@H](c1cccs1)C3. The molecule has 0 radical (unpaired) electrons. The van der Waals surface area contributed by atoms with Crippen molar-refractivity contribution in [3.63, 3.8) is 0 Å². The lowest BCUT2D eigenvalue weighted by Crippen LogP contribution is -2.23. The number of fused-ring (bicyclic) bond motifs is 3. The zero-order valence-electron chi connectivity index (χ0n) is 16.7. The lowest BCUT2D eigenvalue weighted by molar-refractivity contribution is 0.0956. The molecule has 0 bridgehead atoms. The van der Waals surface area contributed by atoms with Gasteiger partial charge in [0, 0.05) is 30.7 Å². The number of nitrogens with zero attached hydrogens (tertiary/aromatic N) is 4. The second-order valence-corrected chi connectivity index (χ2v) is 8.24. The third-order valence-corrected chi connectivity index (χ3v) is 6.48. The highest BCUT2D eigenvalue weighted by Crippen LogP contribution is 2.36. The molecule has 0 fully saturated rings. The molecule has 1 aliphatic carbocycles. The molecule has 0 aliphatic heterocycles. The number of benzene rings is 1. The van der Waals surface area contributed by atoms with Crippen LogP contribution in [0.1, 0.15) is 39.1 Å². The number of carbonyl (C=O) groups is 1. The van der Waals surface area contributed by atoms with Crippen LogP contribution in [0.5, 0.6) is 5.75 Å². The molecule has 0 saturated heterocycles. The summed E-state index contributed by atoms with van der Waals surface area (Å²) in [7, 11) is 3.28. The number of hydrogen-bond donors (Lipinski definition) is 0. The number of Topliss-reactive ketones (excluding diaryl/α,β-unsaturated/α-hetero) is 1. The molecule has 0 unspecified atom stereocenters. The quantitative estimate of drug-likeness (QED) is 0.487. The number of carbonyl (C=O) groups excluding carboxylic acids is 1. The number of thiophene rings is 1. The van der Waals surface area contributed by atoms with Crippen molar-refractivity contribution < 1.29 is 14.3 Å². The molecule has 8 heteroatoms. The third kappa shape index (κ3) is 3.09.